The lowest BCUT2D eigenvalue weighted by atomic mass is 10.1. The number of nitrogens with zero attached hydrogens (tertiary/aromatic N) is 9. The highest BCUT2D eigenvalue weighted by molar-refractivity contribution is 5.88. The molecule has 2 aromatic carbocycles. The number of carbonyl (C=O) groups is 1. The first-order chi connectivity index (χ1) is 20.2. The van der Waals surface area contributed by atoms with E-state index in [9.17, 15) is 9.18 Å². The van der Waals surface area contributed by atoms with Crippen LogP contribution in [0.5, 0.6) is 11.5 Å². The summed E-state index contributed by atoms with van der Waals surface area (Å²) in [5.41, 5.74) is 2.08. The summed E-state index contributed by atoms with van der Waals surface area (Å²) in [7, 11) is 1.60. The van der Waals surface area contributed by atoms with Crippen LogP contribution in [0.1, 0.15) is 11.1 Å². The van der Waals surface area contributed by atoms with Gasteiger partial charge in [-0.3, -0.25) is 4.79 Å². The summed E-state index contributed by atoms with van der Waals surface area (Å²) >= 11 is 0. The minimum Gasteiger partial charge on any atom is -0.457 e. The van der Waals surface area contributed by atoms with E-state index in [1.807, 2.05) is 4.90 Å². The molecule has 0 bridgehead atoms. The SMILES string of the molecule is C=CC(=O)N1CCN(c2ncc3ncnc(Nc4ccc(Oc5cc6nnn(C)c6c(F)c5C)c(C)c4F)c3n2)CC1. The topological polar surface area (TPSA) is 127 Å². The maximum Gasteiger partial charge on any atom is 0.246 e. The van der Waals surface area contributed by atoms with Crippen LogP contribution in [0.2, 0.25) is 0 Å². The van der Waals surface area contributed by atoms with Crippen LogP contribution in [0.15, 0.2) is 43.4 Å². The number of halogens is 2. The second-order valence-electron chi connectivity index (χ2n) is 9.81. The predicted molar refractivity (Wildman–Crippen MR) is 152 cm³/mol. The smallest absolute Gasteiger partial charge is 0.246 e. The van der Waals surface area contributed by atoms with E-state index in [2.05, 4.69) is 42.1 Å². The zero-order chi connectivity index (χ0) is 29.5. The van der Waals surface area contributed by atoms with E-state index < -0.39 is 11.6 Å². The highest BCUT2D eigenvalue weighted by Crippen LogP contribution is 2.36. The van der Waals surface area contributed by atoms with Crippen LogP contribution in [0.25, 0.3) is 22.1 Å². The Morgan fingerprint density at radius 1 is 1.02 bits per heavy atom. The minimum atomic E-state index is -0.574. The van der Waals surface area contributed by atoms with Gasteiger partial charge in [0.2, 0.25) is 11.9 Å². The summed E-state index contributed by atoms with van der Waals surface area (Å²) in [5, 5.41) is 10.8. The van der Waals surface area contributed by atoms with E-state index >= 15 is 4.39 Å². The fourth-order valence-electron chi connectivity index (χ4n) is 4.81. The van der Waals surface area contributed by atoms with Gasteiger partial charge in [-0.25, -0.2) is 33.4 Å². The molecule has 0 atom stereocenters. The number of ether oxygens (including phenoxy) is 1. The van der Waals surface area contributed by atoms with Gasteiger partial charge in [0.05, 0.1) is 11.9 Å². The van der Waals surface area contributed by atoms with Gasteiger partial charge in [-0.15, -0.1) is 5.10 Å². The first kappa shape index (κ1) is 26.9. The maximum atomic E-state index is 15.6. The second kappa shape index (κ2) is 10.6. The van der Waals surface area contributed by atoms with Crippen molar-refractivity contribution in [1.82, 2.24) is 39.8 Å². The second-order valence-corrected chi connectivity index (χ2v) is 9.81. The Morgan fingerprint density at radius 2 is 1.79 bits per heavy atom. The third-order valence-corrected chi connectivity index (χ3v) is 7.25. The standard InChI is InChI=1S/C28H26F2N10O2/c1-5-22(41)39-8-10-40(11-9-39)28-31-13-19-25(35-28)27(33-14-32-19)34-17-6-7-20(15(2)23(17)29)42-21-12-18-26(24(30)16(21)3)38(4)37-36-18/h5-7,12-14H,1,8-11H2,2-4H3,(H,32,33,34). The zero-order valence-electron chi connectivity index (χ0n) is 23.1. The maximum absolute atomic E-state index is 15.6. The van der Waals surface area contributed by atoms with Crippen molar-refractivity contribution in [2.75, 3.05) is 36.4 Å². The van der Waals surface area contributed by atoms with Crippen LogP contribution in [-0.4, -0.2) is 71.9 Å². The molecular weight excluding hydrogens is 546 g/mol. The van der Waals surface area contributed by atoms with Gasteiger partial charge in [0.25, 0.3) is 0 Å². The van der Waals surface area contributed by atoms with Gasteiger partial charge >= 0.3 is 0 Å². The quantitative estimate of drug-likeness (QED) is 0.299. The first-order valence-corrected chi connectivity index (χ1v) is 13.1. The van der Waals surface area contributed by atoms with Gasteiger partial charge in [0.15, 0.2) is 17.5 Å². The van der Waals surface area contributed by atoms with Crippen LogP contribution < -0.4 is 15.0 Å². The number of carbonyl (C=O) groups excluding carboxylic acids is 1. The number of rotatable bonds is 6. The van der Waals surface area contributed by atoms with Crippen LogP contribution >= 0.6 is 0 Å². The van der Waals surface area contributed by atoms with E-state index in [0.717, 1.165) is 0 Å². The summed E-state index contributed by atoms with van der Waals surface area (Å²) in [6.07, 6.45) is 4.23. The number of fused-ring (bicyclic) bond motifs is 2. The molecule has 12 nitrogen and oxygen atoms in total. The van der Waals surface area contributed by atoms with Crippen molar-refractivity contribution in [3.8, 4) is 11.5 Å². The molecule has 3 aromatic heterocycles. The molecule has 0 radical (unpaired) electrons. The van der Waals surface area contributed by atoms with Gasteiger partial charge in [-0.2, -0.15) is 0 Å². The molecule has 214 valence electrons. The Morgan fingerprint density at radius 3 is 2.55 bits per heavy atom. The number of aryl methyl sites for hydroxylation is 1. The molecule has 0 spiro atoms. The summed E-state index contributed by atoms with van der Waals surface area (Å²) in [5.74, 6) is -0.0157. The molecule has 14 heteroatoms. The lowest BCUT2D eigenvalue weighted by molar-refractivity contribution is -0.126. The average Bonchev–Trinajstić information content (AvgIpc) is 3.38. The number of aromatic nitrogens is 7. The van der Waals surface area contributed by atoms with E-state index in [-0.39, 0.29) is 39.7 Å². The molecule has 0 unspecified atom stereocenters. The van der Waals surface area contributed by atoms with Crippen LogP contribution in [0.4, 0.5) is 26.2 Å². The van der Waals surface area contributed by atoms with Crippen molar-refractivity contribution in [3.63, 3.8) is 0 Å². The number of piperazine rings is 1. The molecular formula is C28H26F2N10O2. The molecule has 42 heavy (non-hydrogen) atoms. The molecule has 0 saturated carbocycles. The Hall–Kier alpha value is -5.27. The van der Waals surface area contributed by atoms with Crippen molar-refractivity contribution in [2.45, 2.75) is 13.8 Å². The number of hydrogen-bond acceptors (Lipinski definition) is 10. The first-order valence-electron chi connectivity index (χ1n) is 13.1. The normalized spacial score (nSPS) is 13.5. The number of hydrogen-bond donors (Lipinski definition) is 1. The van der Waals surface area contributed by atoms with Crippen molar-refractivity contribution in [3.05, 3.63) is 66.1 Å². The van der Waals surface area contributed by atoms with Gasteiger partial charge in [-0.1, -0.05) is 11.8 Å². The molecule has 6 rings (SSSR count). The van der Waals surface area contributed by atoms with Gasteiger partial charge in [-0.05, 0) is 32.1 Å². The molecule has 4 heterocycles. The van der Waals surface area contributed by atoms with Gasteiger partial charge < -0.3 is 19.9 Å². The average molecular weight is 573 g/mol. The van der Waals surface area contributed by atoms with Gasteiger partial charge in [0.1, 0.15) is 39.9 Å². The van der Waals surface area contributed by atoms with Crippen LogP contribution in [0, 0.1) is 25.5 Å². The van der Waals surface area contributed by atoms with Crippen molar-refractivity contribution >= 4 is 45.4 Å². The predicted octanol–water partition coefficient (Wildman–Crippen LogP) is 3.97. The molecule has 1 saturated heterocycles. The molecule has 0 aliphatic carbocycles. The largest absolute Gasteiger partial charge is 0.457 e. The highest BCUT2D eigenvalue weighted by Gasteiger charge is 2.23. The fraction of sp³-hybridized carbons (Fsp3) is 0.250. The Kier molecular flexibility index (Phi) is 6.80. The summed E-state index contributed by atoms with van der Waals surface area (Å²) in [4.78, 5) is 33.2. The molecule has 5 aromatic rings. The van der Waals surface area contributed by atoms with E-state index in [1.54, 1.807) is 44.1 Å². The highest BCUT2D eigenvalue weighted by atomic mass is 19.1. The lowest BCUT2D eigenvalue weighted by Crippen LogP contribution is -2.48. The lowest BCUT2D eigenvalue weighted by Gasteiger charge is -2.34. The van der Waals surface area contributed by atoms with Crippen molar-refractivity contribution < 1.29 is 18.3 Å². The Labute approximate surface area is 238 Å². The molecule has 1 aliphatic heterocycles. The number of benzene rings is 2. The van der Waals surface area contributed by atoms with Gasteiger partial charge in [0, 0.05) is 50.4 Å². The number of amides is 1. The Bertz CT molecular complexity index is 1870. The third-order valence-electron chi connectivity index (χ3n) is 7.25. The summed E-state index contributed by atoms with van der Waals surface area (Å²) in [6.45, 7) is 8.81. The number of nitrogens with one attached hydrogen (secondary N) is 1. The summed E-state index contributed by atoms with van der Waals surface area (Å²) in [6, 6.07) is 4.68. The van der Waals surface area contributed by atoms with E-state index in [4.69, 9.17) is 4.74 Å². The monoisotopic (exact) mass is 572 g/mol. The van der Waals surface area contributed by atoms with Crippen molar-refractivity contribution in [2.24, 2.45) is 7.05 Å². The van der Waals surface area contributed by atoms with Crippen LogP contribution in [-0.2, 0) is 11.8 Å². The fourth-order valence-corrected chi connectivity index (χ4v) is 4.81. The van der Waals surface area contributed by atoms with Crippen LogP contribution in [0.3, 0.4) is 0 Å². The summed E-state index contributed by atoms with van der Waals surface area (Å²) < 4.78 is 37.9. The van der Waals surface area contributed by atoms with Crippen molar-refractivity contribution in [1.29, 1.82) is 0 Å². The zero-order valence-corrected chi connectivity index (χ0v) is 23.1. The van der Waals surface area contributed by atoms with E-state index in [0.29, 0.717) is 54.5 Å². The van der Waals surface area contributed by atoms with E-state index in [1.165, 1.54) is 23.2 Å². The number of anilines is 3. The minimum absolute atomic E-state index is 0.114. The molecule has 1 fully saturated rings. The third kappa shape index (κ3) is 4.70. The molecule has 1 N–H and O–H groups in total. The molecule has 1 amide bonds. The molecule has 1 aliphatic rings. The Balaban J connectivity index is 1.26.